The Hall–Kier alpha value is -2.91. The molecule has 2 aromatic rings. The van der Waals surface area contributed by atoms with Gasteiger partial charge >= 0.3 is 5.97 Å². The Morgan fingerprint density at radius 3 is 2.19 bits per heavy atom. The zero-order valence-electron chi connectivity index (χ0n) is 18.8. The standard InChI is InChI=1S/C23H30N2O6S/c1-5-25(15-18-9-7-6-8-10-18)21(26)16-31-23(27)22(17(2)3)24-32(28,29)20-13-11-19(30-4)12-14-20/h6-14,17,22,24H,5,15-16H2,1-4H3. The fourth-order valence-corrected chi connectivity index (χ4v) is 4.27. The maximum atomic E-state index is 12.7. The third-order valence-electron chi connectivity index (χ3n) is 4.86. The first-order valence-electron chi connectivity index (χ1n) is 10.3. The van der Waals surface area contributed by atoms with Crippen LogP contribution in [0, 0.1) is 5.92 Å². The quantitative estimate of drug-likeness (QED) is 0.515. The van der Waals surface area contributed by atoms with E-state index in [0.29, 0.717) is 18.8 Å². The number of esters is 1. The molecule has 0 aliphatic carbocycles. The lowest BCUT2D eigenvalue weighted by atomic mass is 10.1. The third-order valence-corrected chi connectivity index (χ3v) is 6.32. The third kappa shape index (κ3) is 7.06. The molecule has 0 bridgehead atoms. The number of benzene rings is 2. The van der Waals surface area contributed by atoms with Gasteiger partial charge in [0.1, 0.15) is 11.8 Å². The Labute approximate surface area is 189 Å². The molecule has 1 atom stereocenters. The van der Waals surface area contributed by atoms with E-state index in [9.17, 15) is 18.0 Å². The number of carbonyl (C=O) groups is 2. The molecular weight excluding hydrogens is 432 g/mol. The molecule has 2 rings (SSSR count). The average Bonchev–Trinajstić information content (AvgIpc) is 2.79. The first-order valence-corrected chi connectivity index (χ1v) is 11.8. The van der Waals surface area contributed by atoms with Gasteiger partial charge in [-0.25, -0.2) is 8.42 Å². The molecule has 0 aromatic heterocycles. The van der Waals surface area contributed by atoms with Gasteiger partial charge in [0, 0.05) is 13.1 Å². The van der Waals surface area contributed by atoms with Crippen LogP contribution in [0.2, 0.25) is 0 Å². The molecule has 1 N–H and O–H groups in total. The minimum Gasteiger partial charge on any atom is -0.497 e. The second kappa shape index (κ2) is 11.6. The summed E-state index contributed by atoms with van der Waals surface area (Å²) in [6.07, 6.45) is 0. The number of sulfonamides is 1. The van der Waals surface area contributed by atoms with Gasteiger partial charge in [0.05, 0.1) is 12.0 Å². The van der Waals surface area contributed by atoms with E-state index in [1.807, 2.05) is 37.3 Å². The number of likely N-dealkylation sites (N-methyl/N-ethyl adjacent to an activating group) is 1. The molecule has 0 saturated carbocycles. The molecule has 0 fully saturated rings. The van der Waals surface area contributed by atoms with Gasteiger partial charge in [0.15, 0.2) is 6.61 Å². The summed E-state index contributed by atoms with van der Waals surface area (Å²) in [6, 6.07) is 14.1. The first kappa shape index (κ1) is 25.4. The van der Waals surface area contributed by atoms with Gasteiger partial charge < -0.3 is 14.4 Å². The Bertz CT molecular complexity index is 991. The van der Waals surface area contributed by atoms with E-state index >= 15 is 0 Å². The van der Waals surface area contributed by atoms with Crippen molar-refractivity contribution in [1.29, 1.82) is 0 Å². The summed E-state index contributed by atoms with van der Waals surface area (Å²) >= 11 is 0. The molecule has 32 heavy (non-hydrogen) atoms. The molecule has 0 radical (unpaired) electrons. The van der Waals surface area contributed by atoms with Crippen LogP contribution in [-0.2, 0) is 30.9 Å². The molecule has 1 amide bonds. The van der Waals surface area contributed by atoms with Crippen LogP contribution < -0.4 is 9.46 Å². The summed E-state index contributed by atoms with van der Waals surface area (Å²) in [5, 5.41) is 0. The van der Waals surface area contributed by atoms with Crippen molar-refractivity contribution < 1.29 is 27.5 Å². The highest BCUT2D eigenvalue weighted by Gasteiger charge is 2.30. The molecule has 9 heteroatoms. The van der Waals surface area contributed by atoms with Crippen molar-refractivity contribution in [2.24, 2.45) is 5.92 Å². The van der Waals surface area contributed by atoms with E-state index in [1.165, 1.54) is 31.4 Å². The fourth-order valence-electron chi connectivity index (χ4n) is 2.94. The number of ether oxygens (including phenoxy) is 2. The summed E-state index contributed by atoms with van der Waals surface area (Å²) in [6.45, 7) is 5.60. The minimum absolute atomic E-state index is 0.00662. The predicted molar refractivity (Wildman–Crippen MR) is 120 cm³/mol. The highest BCUT2D eigenvalue weighted by Crippen LogP contribution is 2.17. The largest absolute Gasteiger partial charge is 0.497 e. The lowest BCUT2D eigenvalue weighted by Gasteiger charge is -2.23. The number of carbonyl (C=O) groups excluding carboxylic acids is 2. The van der Waals surface area contributed by atoms with E-state index in [-0.39, 0.29) is 10.8 Å². The Morgan fingerprint density at radius 2 is 1.66 bits per heavy atom. The molecule has 2 aromatic carbocycles. The lowest BCUT2D eigenvalue weighted by Crippen LogP contribution is -2.46. The molecule has 8 nitrogen and oxygen atoms in total. The number of amides is 1. The molecule has 0 aliphatic rings. The fraction of sp³-hybridized carbons (Fsp3) is 0.391. The molecule has 0 heterocycles. The van der Waals surface area contributed by atoms with Crippen molar-refractivity contribution in [2.75, 3.05) is 20.3 Å². The highest BCUT2D eigenvalue weighted by atomic mass is 32.2. The summed E-state index contributed by atoms with van der Waals surface area (Å²) in [4.78, 5) is 26.7. The van der Waals surface area contributed by atoms with Crippen LogP contribution in [0.15, 0.2) is 59.5 Å². The van der Waals surface area contributed by atoms with Crippen molar-refractivity contribution in [3.05, 3.63) is 60.2 Å². The van der Waals surface area contributed by atoms with Gasteiger partial charge in [-0.3, -0.25) is 9.59 Å². The summed E-state index contributed by atoms with van der Waals surface area (Å²) in [7, 11) is -2.50. The van der Waals surface area contributed by atoms with E-state index < -0.39 is 34.6 Å². The molecule has 0 aliphatic heterocycles. The van der Waals surface area contributed by atoms with Gasteiger partial charge in [0.25, 0.3) is 5.91 Å². The number of methoxy groups -OCH3 is 1. The Balaban J connectivity index is 2.02. The highest BCUT2D eigenvalue weighted by molar-refractivity contribution is 7.89. The van der Waals surface area contributed by atoms with Crippen molar-refractivity contribution in [3.63, 3.8) is 0 Å². The second-order valence-electron chi connectivity index (χ2n) is 7.52. The van der Waals surface area contributed by atoms with Crippen LogP contribution >= 0.6 is 0 Å². The maximum Gasteiger partial charge on any atom is 0.324 e. The lowest BCUT2D eigenvalue weighted by molar-refractivity contribution is -0.154. The monoisotopic (exact) mass is 462 g/mol. The zero-order valence-corrected chi connectivity index (χ0v) is 19.6. The summed E-state index contributed by atoms with van der Waals surface area (Å²) in [5.41, 5.74) is 0.960. The molecule has 174 valence electrons. The molecule has 1 unspecified atom stereocenters. The predicted octanol–water partition coefficient (Wildman–Crippen LogP) is 2.59. The average molecular weight is 463 g/mol. The first-order chi connectivity index (χ1) is 15.2. The van der Waals surface area contributed by atoms with Crippen molar-refractivity contribution >= 4 is 21.9 Å². The van der Waals surface area contributed by atoms with E-state index in [0.717, 1.165) is 5.56 Å². The van der Waals surface area contributed by atoms with Crippen LogP contribution in [0.4, 0.5) is 0 Å². The number of hydrogen-bond donors (Lipinski definition) is 1. The van der Waals surface area contributed by atoms with Crippen LogP contribution in [0.1, 0.15) is 26.3 Å². The van der Waals surface area contributed by atoms with E-state index in [1.54, 1.807) is 18.7 Å². The SMILES string of the molecule is CCN(Cc1ccccc1)C(=O)COC(=O)C(NS(=O)(=O)c1ccc(OC)cc1)C(C)C. The van der Waals surface area contributed by atoms with Crippen LogP contribution in [-0.4, -0.2) is 51.5 Å². The van der Waals surface area contributed by atoms with Gasteiger partial charge in [-0.15, -0.1) is 0 Å². The molecular formula is C23H30N2O6S. The molecule has 0 spiro atoms. The van der Waals surface area contributed by atoms with Crippen LogP contribution in [0.3, 0.4) is 0 Å². The van der Waals surface area contributed by atoms with E-state index in [2.05, 4.69) is 4.72 Å². The van der Waals surface area contributed by atoms with Gasteiger partial charge in [-0.2, -0.15) is 4.72 Å². The van der Waals surface area contributed by atoms with E-state index in [4.69, 9.17) is 9.47 Å². The maximum absolute atomic E-state index is 12.7. The van der Waals surface area contributed by atoms with Crippen molar-refractivity contribution in [3.8, 4) is 5.75 Å². The Morgan fingerprint density at radius 1 is 1.03 bits per heavy atom. The van der Waals surface area contributed by atoms with Crippen LogP contribution in [0.25, 0.3) is 0 Å². The minimum atomic E-state index is -3.98. The number of nitrogens with zero attached hydrogens (tertiary/aromatic N) is 1. The smallest absolute Gasteiger partial charge is 0.324 e. The van der Waals surface area contributed by atoms with Gasteiger partial charge in [0.2, 0.25) is 10.0 Å². The second-order valence-corrected chi connectivity index (χ2v) is 9.23. The Kier molecular flexibility index (Phi) is 9.22. The van der Waals surface area contributed by atoms with Crippen molar-refractivity contribution in [1.82, 2.24) is 9.62 Å². The number of nitrogens with one attached hydrogen (secondary N) is 1. The summed E-state index contributed by atoms with van der Waals surface area (Å²) in [5.74, 6) is -1.04. The molecule has 0 saturated heterocycles. The number of hydrogen-bond acceptors (Lipinski definition) is 6. The van der Waals surface area contributed by atoms with Crippen molar-refractivity contribution in [2.45, 2.75) is 38.3 Å². The summed E-state index contributed by atoms with van der Waals surface area (Å²) < 4.78 is 38.0. The van der Waals surface area contributed by atoms with Crippen LogP contribution in [0.5, 0.6) is 5.75 Å². The zero-order chi connectivity index (χ0) is 23.7. The van der Waals surface area contributed by atoms with Gasteiger partial charge in [-0.05, 0) is 42.7 Å². The number of rotatable bonds is 11. The topological polar surface area (TPSA) is 102 Å². The normalized spacial score (nSPS) is 12.3. The van der Waals surface area contributed by atoms with Gasteiger partial charge in [-0.1, -0.05) is 44.2 Å².